The van der Waals surface area contributed by atoms with Gasteiger partial charge in [0.25, 0.3) is 11.1 Å². The van der Waals surface area contributed by atoms with Gasteiger partial charge in [-0.15, -0.1) is 0 Å². The minimum Gasteiger partial charge on any atom is -0.465 e. The summed E-state index contributed by atoms with van der Waals surface area (Å²) in [5, 5.41) is 0.117. The predicted octanol–water partition coefficient (Wildman–Crippen LogP) is 4.17. The van der Waals surface area contributed by atoms with E-state index in [0.29, 0.717) is 21.4 Å². The Morgan fingerprint density at radius 3 is 2.75 bits per heavy atom. The van der Waals surface area contributed by atoms with Crippen LogP contribution in [0, 0.1) is 0 Å². The molecule has 1 saturated heterocycles. The van der Waals surface area contributed by atoms with Gasteiger partial charge in [-0.1, -0.05) is 17.7 Å². The van der Waals surface area contributed by atoms with Crippen molar-refractivity contribution in [1.29, 1.82) is 0 Å². The van der Waals surface area contributed by atoms with Crippen molar-refractivity contribution >= 4 is 46.3 Å². The Balaban J connectivity index is 1.95. The average molecular weight is 306 g/mol. The van der Waals surface area contributed by atoms with Crippen LogP contribution < -0.4 is 4.90 Å². The molecule has 100 valence electrons. The topological polar surface area (TPSA) is 50.5 Å². The largest absolute Gasteiger partial charge is 0.465 e. The van der Waals surface area contributed by atoms with Crippen LogP contribution in [-0.2, 0) is 4.79 Å². The van der Waals surface area contributed by atoms with Crippen LogP contribution in [0.2, 0.25) is 5.02 Å². The molecular formula is C14H8ClNO3S. The molecule has 1 aliphatic rings. The number of carbonyl (C=O) groups is 2. The maximum absolute atomic E-state index is 12.3. The monoisotopic (exact) mass is 305 g/mol. The van der Waals surface area contributed by atoms with Gasteiger partial charge in [0.05, 0.1) is 16.9 Å². The molecule has 0 radical (unpaired) electrons. The summed E-state index contributed by atoms with van der Waals surface area (Å²) in [6.07, 6.45) is 3.06. The lowest BCUT2D eigenvalue weighted by molar-refractivity contribution is -0.113. The first-order valence-corrected chi connectivity index (χ1v) is 6.91. The maximum Gasteiger partial charge on any atom is 0.298 e. The number of carbonyl (C=O) groups excluding carboxylic acids is 2. The highest BCUT2D eigenvalue weighted by molar-refractivity contribution is 8.19. The SMILES string of the molecule is O=C1SC(=Cc2ccco2)C(=O)N1c1cccc(Cl)c1. The zero-order chi connectivity index (χ0) is 14.1. The van der Waals surface area contributed by atoms with E-state index in [2.05, 4.69) is 0 Å². The van der Waals surface area contributed by atoms with Crippen molar-refractivity contribution in [2.75, 3.05) is 4.90 Å². The normalized spacial score (nSPS) is 17.2. The lowest BCUT2D eigenvalue weighted by Gasteiger charge is -2.12. The van der Waals surface area contributed by atoms with Crippen molar-refractivity contribution in [1.82, 2.24) is 0 Å². The molecule has 2 aromatic rings. The third-order valence-corrected chi connectivity index (χ3v) is 3.78. The lowest BCUT2D eigenvalue weighted by Crippen LogP contribution is -2.27. The van der Waals surface area contributed by atoms with Crippen molar-refractivity contribution in [2.45, 2.75) is 0 Å². The molecule has 0 atom stereocenters. The van der Waals surface area contributed by atoms with Crippen LogP contribution in [0.4, 0.5) is 10.5 Å². The van der Waals surface area contributed by atoms with Gasteiger partial charge in [0, 0.05) is 11.1 Å². The Kier molecular flexibility index (Phi) is 3.38. The second-order valence-electron chi connectivity index (χ2n) is 4.01. The van der Waals surface area contributed by atoms with Crippen LogP contribution >= 0.6 is 23.4 Å². The molecule has 2 heterocycles. The zero-order valence-corrected chi connectivity index (χ0v) is 11.6. The van der Waals surface area contributed by atoms with Gasteiger partial charge in [-0.05, 0) is 42.1 Å². The van der Waals surface area contributed by atoms with E-state index in [1.54, 1.807) is 42.5 Å². The number of rotatable bonds is 2. The van der Waals surface area contributed by atoms with Gasteiger partial charge in [-0.2, -0.15) is 0 Å². The molecule has 0 N–H and O–H groups in total. The van der Waals surface area contributed by atoms with Crippen LogP contribution in [-0.4, -0.2) is 11.1 Å². The van der Waals surface area contributed by atoms with E-state index in [-0.39, 0.29) is 11.1 Å². The highest BCUT2D eigenvalue weighted by Crippen LogP contribution is 2.36. The molecule has 1 aromatic carbocycles. The third kappa shape index (κ3) is 2.37. The molecule has 0 unspecified atom stereocenters. The summed E-state index contributed by atoms with van der Waals surface area (Å²) >= 11 is 6.76. The average Bonchev–Trinajstić information content (AvgIpc) is 2.99. The summed E-state index contributed by atoms with van der Waals surface area (Å²) in [5.41, 5.74) is 0.461. The number of hydrogen-bond donors (Lipinski definition) is 0. The van der Waals surface area contributed by atoms with Crippen molar-refractivity contribution in [3.8, 4) is 0 Å². The molecule has 1 aliphatic heterocycles. The van der Waals surface area contributed by atoms with Crippen LogP contribution in [0.1, 0.15) is 5.76 Å². The number of amides is 2. The molecule has 20 heavy (non-hydrogen) atoms. The number of thioether (sulfide) groups is 1. The van der Waals surface area contributed by atoms with E-state index in [4.69, 9.17) is 16.0 Å². The van der Waals surface area contributed by atoms with E-state index in [9.17, 15) is 9.59 Å². The summed E-state index contributed by atoms with van der Waals surface area (Å²) in [6, 6.07) is 10.0. The molecule has 4 nitrogen and oxygen atoms in total. The molecule has 1 aromatic heterocycles. The fraction of sp³-hybridized carbons (Fsp3) is 0. The number of halogens is 1. The van der Waals surface area contributed by atoms with E-state index >= 15 is 0 Å². The smallest absolute Gasteiger partial charge is 0.298 e. The van der Waals surface area contributed by atoms with Gasteiger partial charge in [0.1, 0.15) is 5.76 Å². The number of imide groups is 1. The number of nitrogens with zero attached hydrogens (tertiary/aromatic N) is 1. The third-order valence-electron chi connectivity index (χ3n) is 2.68. The lowest BCUT2D eigenvalue weighted by atomic mass is 10.3. The molecule has 1 fully saturated rings. The summed E-state index contributed by atoms with van der Waals surface area (Å²) < 4.78 is 5.15. The first-order valence-electron chi connectivity index (χ1n) is 5.72. The maximum atomic E-state index is 12.3. The highest BCUT2D eigenvalue weighted by Gasteiger charge is 2.36. The van der Waals surface area contributed by atoms with Gasteiger partial charge < -0.3 is 4.42 Å². The van der Waals surface area contributed by atoms with E-state index < -0.39 is 0 Å². The second-order valence-corrected chi connectivity index (χ2v) is 5.44. The van der Waals surface area contributed by atoms with Crippen LogP contribution in [0.15, 0.2) is 52.0 Å². The molecule has 6 heteroatoms. The second kappa shape index (κ2) is 5.19. The Morgan fingerprint density at radius 2 is 2.05 bits per heavy atom. The fourth-order valence-electron chi connectivity index (χ4n) is 1.81. The van der Waals surface area contributed by atoms with Gasteiger partial charge in [-0.3, -0.25) is 9.59 Å². The summed E-state index contributed by atoms with van der Waals surface area (Å²) in [7, 11) is 0. The van der Waals surface area contributed by atoms with Crippen LogP contribution in [0.5, 0.6) is 0 Å². The Bertz CT molecular complexity index is 709. The summed E-state index contributed by atoms with van der Waals surface area (Å²) in [6.45, 7) is 0. The van der Waals surface area contributed by atoms with Crippen molar-refractivity contribution in [3.63, 3.8) is 0 Å². The van der Waals surface area contributed by atoms with Crippen molar-refractivity contribution in [2.24, 2.45) is 0 Å². The Hall–Kier alpha value is -1.98. The van der Waals surface area contributed by atoms with Crippen molar-refractivity contribution < 1.29 is 14.0 Å². The summed E-state index contributed by atoms with van der Waals surface area (Å²) in [4.78, 5) is 25.7. The van der Waals surface area contributed by atoms with Gasteiger partial charge in [-0.25, -0.2) is 4.90 Å². The fourth-order valence-corrected chi connectivity index (χ4v) is 2.81. The van der Waals surface area contributed by atoms with E-state index in [1.165, 1.54) is 6.26 Å². The predicted molar refractivity (Wildman–Crippen MR) is 78.6 cm³/mol. The Morgan fingerprint density at radius 1 is 1.20 bits per heavy atom. The number of hydrogen-bond acceptors (Lipinski definition) is 4. The molecular weight excluding hydrogens is 298 g/mol. The molecule has 0 bridgehead atoms. The molecule has 3 rings (SSSR count). The summed E-state index contributed by atoms with van der Waals surface area (Å²) in [5.74, 6) is 0.153. The van der Waals surface area contributed by atoms with Crippen LogP contribution in [0.3, 0.4) is 0 Å². The highest BCUT2D eigenvalue weighted by atomic mass is 35.5. The minimum atomic E-state index is -0.376. The van der Waals surface area contributed by atoms with E-state index in [1.807, 2.05) is 0 Å². The first kappa shape index (κ1) is 13.0. The quantitative estimate of drug-likeness (QED) is 0.781. The van der Waals surface area contributed by atoms with Gasteiger partial charge in [0.2, 0.25) is 0 Å². The number of furan rings is 1. The Labute approximate surface area is 124 Å². The number of anilines is 1. The number of benzene rings is 1. The molecule has 0 spiro atoms. The van der Waals surface area contributed by atoms with Crippen molar-refractivity contribution in [3.05, 3.63) is 58.3 Å². The zero-order valence-electron chi connectivity index (χ0n) is 10.1. The van der Waals surface area contributed by atoms with Gasteiger partial charge >= 0.3 is 0 Å². The first-order chi connectivity index (χ1) is 9.65. The standard InChI is InChI=1S/C14H8ClNO3S/c15-9-3-1-4-10(7-9)16-13(17)12(20-14(16)18)8-11-5-2-6-19-11/h1-8H. The van der Waals surface area contributed by atoms with Crippen LogP contribution in [0.25, 0.3) is 6.08 Å². The minimum absolute atomic E-state index is 0.324. The molecule has 2 amide bonds. The molecule has 0 aliphatic carbocycles. The van der Waals surface area contributed by atoms with Gasteiger partial charge in [0.15, 0.2) is 0 Å². The van der Waals surface area contributed by atoms with E-state index in [0.717, 1.165) is 16.7 Å². The molecule has 0 saturated carbocycles.